The monoisotopic (exact) mass is 577 g/mol. The van der Waals surface area contributed by atoms with Crippen molar-refractivity contribution in [2.45, 2.75) is 5.54 Å². The Hall–Kier alpha value is -4.93. The average Bonchev–Trinajstić information content (AvgIpc) is 3.31. The fraction of sp³-hybridized carbons (Fsp3) is 0.0357. The summed E-state index contributed by atoms with van der Waals surface area (Å²) in [5.41, 5.74) is -1.74. The second-order valence-corrected chi connectivity index (χ2v) is 9.65. The number of amides is 3. The Morgan fingerprint density at radius 1 is 0.925 bits per heavy atom. The van der Waals surface area contributed by atoms with E-state index in [1.54, 1.807) is 18.2 Å². The fourth-order valence-electron chi connectivity index (χ4n) is 4.71. The molecule has 3 amide bonds. The highest BCUT2D eigenvalue weighted by Gasteiger charge is 2.62. The number of ketones is 1. The summed E-state index contributed by atoms with van der Waals surface area (Å²) < 4.78 is 0. The molecule has 2 heterocycles. The molecule has 1 atom stereocenters. The Morgan fingerprint density at radius 3 is 2.38 bits per heavy atom. The minimum absolute atomic E-state index is 0.0676. The summed E-state index contributed by atoms with van der Waals surface area (Å²) in [6, 6.07) is 16.4. The number of carbonyl (C=O) groups excluding carboxylic acids is 4. The molecular formula is C28H17Cl2N3O7. The molecule has 0 saturated carbocycles. The maximum absolute atomic E-state index is 14.2. The number of hydrogen-bond donors (Lipinski definition) is 4. The molecule has 2 aliphatic heterocycles. The Morgan fingerprint density at radius 2 is 1.65 bits per heavy atom. The molecule has 0 bridgehead atoms. The van der Waals surface area contributed by atoms with E-state index in [2.05, 4.69) is 10.6 Å². The number of benzene rings is 3. The lowest BCUT2D eigenvalue weighted by atomic mass is 9.81. The smallest absolute Gasteiger partial charge is 0.328 e. The van der Waals surface area contributed by atoms with Crippen LogP contribution in [-0.2, 0) is 24.7 Å². The van der Waals surface area contributed by atoms with Gasteiger partial charge in [0, 0.05) is 39.0 Å². The number of hydrogen-bond acceptors (Lipinski definition) is 6. The van der Waals surface area contributed by atoms with Gasteiger partial charge in [0.2, 0.25) is 5.91 Å². The summed E-state index contributed by atoms with van der Waals surface area (Å²) in [7, 11) is 0. The quantitative estimate of drug-likeness (QED) is 0.252. The first-order chi connectivity index (χ1) is 19.0. The van der Waals surface area contributed by atoms with E-state index in [0.29, 0.717) is 16.8 Å². The highest BCUT2D eigenvalue weighted by molar-refractivity contribution is 6.33. The topological polar surface area (TPSA) is 153 Å². The molecule has 1 spiro atoms. The number of carboxylic acid groups (broad SMARTS) is 1. The van der Waals surface area contributed by atoms with E-state index < -0.39 is 46.3 Å². The van der Waals surface area contributed by atoms with Crippen LogP contribution in [0.3, 0.4) is 0 Å². The number of Topliss-reactive ketones (excluding diaryl/α,β-unsaturated/α-hetero) is 1. The van der Waals surface area contributed by atoms with Crippen molar-refractivity contribution >= 4 is 69.7 Å². The van der Waals surface area contributed by atoms with Gasteiger partial charge in [-0.3, -0.25) is 24.1 Å². The number of nitrogens with one attached hydrogen (secondary N) is 2. The minimum atomic E-state index is -2.09. The van der Waals surface area contributed by atoms with Gasteiger partial charge < -0.3 is 20.8 Å². The lowest BCUT2D eigenvalue weighted by Crippen LogP contribution is -2.50. The Balaban J connectivity index is 1.61. The van der Waals surface area contributed by atoms with Gasteiger partial charge in [-0.05, 0) is 42.5 Å². The second kappa shape index (κ2) is 9.99. The van der Waals surface area contributed by atoms with E-state index in [-0.39, 0.29) is 27.5 Å². The maximum atomic E-state index is 14.2. The van der Waals surface area contributed by atoms with Gasteiger partial charge in [-0.25, -0.2) is 4.79 Å². The molecule has 0 saturated heterocycles. The first-order valence-electron chi connectivity index (χ1n) is 11.6. The van der Waals surface area contributed by atoms with Crippen molar-refractivity contribution in [3.05, 3.63) is 111 Å². The largest absolute Gasteiger partial charge is 0.503 e. The van der Waals surface area contributed by atoms with Gasteiger partial charge in [-0.2, -0.15) is 0 Å². The zero-order valence-corrected chi connectivity index (χ0v) is 21.7. The Kier molecular flexibility index (Phi) is 6.66. The molecule has 0 aromatic heterocycles. The molecule has 3 aromatic carbocycles. The normalized spacial score (nSPS) is 17.9. The summed E-state index contributed by atoms with van der Waals surface area (Å²) in [6.07, 6.45) is 1.44. The number of nitrogens with zero attached hydrogens (tertiary/aromatic N) is 1. The van der Waals surface area contributed by atoms with Crippen molar-refractivity contribution in [1.29, 1.82) is 0 Å². The van der Waals surface area contributed by atoms with Crippen LogP contribution in [0.15, 0.2) is 90.2 Å². The molecule has 5 rings (SSSR count). The third kappa shape index (κ3) is 4.39. The molecule has 200 valence electrons. The van der Waals surface area contributed by atoms with Gasteiger partial charge in [0.05, 0.1) is 16.9 Å². The molecule has 12 heteroatoms. The molecule has 0 radical (unpaired) electrons. The van der Waals surface area contributed by atoms with Gasteiger partial charge in [0.25, 0.3) is 11.8 Å². The lowest BCUT2D eigenvalue weighted by Gasteiger charge is -2.26. The zero-order chi connectivity index (χ0) is 28.8. The summed E-state index contributed by atoms with van der Waals surface area (Å²) in [4.78, 5) is 64.9. The standard InChI is InChI=1S/C28H17Cl2N3O7/c29-15-4-2-6-18(12-15)33-20-13-16(30)7-8-19(20)28(27(33)40)23(25(38)26(39)32-28)24(37)14-3-1-5-17(11-14)31-21(34)9-10-22(35)36/h1-13,38H,(H,31,34)(H,32,39)(H,35,36). The Bertz CT molecular complexity index is 1720. The number of fused-ring (bicyclic) bond motifs is 2. The molecule has 1 unspecified atom stereocenters. The van der Waals surface area contributed by atoms with Crippen LogP contribution in [0.1, 0.15) is 15.9 Å². The van der Waals surface area contributed by atoms with Crippen molar-refractivity contribution in [1.82, 2.24) is 5.32 Å². The molecular weight excluding hydrogens is 561 g/mol. The summed E-state index contributed by atoms with van der Waals surface area (Å²) in [5, 5.41) is 25.1. The molecule has 4 N–H and O–H groups in total. The van der Waals surface area contributed by atoms with E-state index in [9.17, 15) is 29.1 Å². The number of aliphatic hydroxyl groups excluding tert-OH is 1. The first-order valence-corrected chi connectivity index (χ1v) is 12.3. The van der Waals surface area contributed by atoms with Crippen molar-refractivity contribution in [2.75, 3.05) is 10.2 Å². The highest BCUT2D eigenvalue weighted by atomic mass is 35.5. The summed E-state index contributed by atoms with van der Waals surface area (Å²) in [5.74, 6) is -5.68. The third-order valence-electron chi connectivity index (χ3n) is 6.32. The third-order valence-corrected chi connectivity index (χ3v) is 6.79. The first kappa shape index (κ1) is 26.7. The van der Waals surface area contributed by atoms with E-state index in [1.165, 1.54) is 53.4 Å². The van der Waals surface area contributed by atoms with Crippen LogP contribution >= 0.6 is 23.2 Å². The molecule has 0 fully saturated rings. The highest BCUT2D eigenvalue weighted by Crippen LogP contribution is 2.52. The van der Waals surface area contributed by atoms with Crippen LogP contribution in [0.2, 0.25) is 10.0 Å². The number of carboxylic acids is 1. The van der Waals surface area contributed by atoms with Crippen LogP contribution in [-0.4, -0.2) is 39.7 Å². The molecule has 2 aliphatic rings. The summed E-state index contributed by atoms with van der Waals surface area (Å²) in [6.45, 7) is 0. The van der Waals surface area contributed by atoms with Gasteiger partial charge >= 0.3 is 5.97 Å². The predicted molar refractivity (Wildman–Crippen MR) is 146 cm³/mol. The van der Waals surface area contributed by atoms with Crippen molar-refractivity contribution < 1.29 is 34.2 Å². The van der Waals surface area contributed by atoms with Crippen molar-refractivity contribution in [3.63, 3.8) is 0 Å². The van der Waals surface area contributed by atoms with E-state index in [0.717, 1.165) is 6.08 Å². The number of carbonyl (C=O) groups is 5. The molecule has 0 aliphatic carbocycles. The van der Waals surface area contributed by atoms with E-state index in [4.69, 9.17) is 28.3 Å². The van der Waals surface area contributed by atoms with Crippen molar-refractivity contribution in [3.8, 4) is 0 Å². The number of aliphatic hydroxyl groups is 1. The average molecular weight is 578 g/mol. The SMILES string of the molecule is O=C(O)C=CC(=O)Nc1cccc(C(=O)C2=C(O)C(=O)NC23C(=O)N(c2cccc(Cl)c2)c2cc(Cl)ccc23)c1. The van der Waals surface area contributed by atoms with Gasteiger partial charge in [0.15, 0.2) is 17.1 Å². The molecule has 3 aromatic rings. The molecule has 10 nitrogen and oxygen atoms in total. The van der Waals surface area contributed by atoms with E-state index >= 15 is 0 Å². The molecule has 40 heavy (non-hydrogen) atoms. The van der Waals surface area contributed by atoms with Crippen LogP contribution in [0, 0.1) is 0 Å². The fourth-order valence-corrected chi connectivity index (χ4v) is 5.06. The minimum Gasteiger partial charge on any atom is -0.503 e. The summed E-state index contributed by atoms with van der Waals surface area (Å²) >= 11 is 12.4. The van der Waals surface area contributed by atoms with Crippen molar-refractivity contribution in [2.24, 2.45) is 0 Å². The second-order valence-electron chi connectivity index (χ2n) is 8.78. The maximum Gasteiger partial charge on any atom is 0.328 e. The number of halogens is 2. The number of rotatable bonds is 6. The van der Waals surface area contributed by atoms with Crippen LogP contribution < -0.4 is 15.5 Å². The van der Waals surface area contributed by atoms with Gasteiger partial charge in [0.1, 0.15) is 0 Å². The van der Waals surface area contributed by atoms with Crippen LogP contribution in [0.5, 0.6) is 0 Å². The predicted octanol–water partition coefficient (Wildman–Crippen LogP) is 4.27. The van der Waals surface area contributed by atoms with E-state index in [1.807, 2.05) is 0 Å². The van der Waals surface area contributed by atoms with Crippen LogP contribution in [0.4, 0.5) is 17.1 Å². The number of anilines is 3. The van der Waals surface area contributed by atoms with Gasteiger partial charge in [-0.1, -0.05) is 47.5 Å². The Labute approximate surface area is 236 Å². The van der Waals surface area contributed by atoms with Gasteiger partial charge in [-0.15, -0.1) is 0 Å². The lowest BCUT2D eigenvalue weighted by molar-refractivity contribution is -0.131. The van der Waals surface area contributed by atoms with Crippen LogP contribution in [0.25, 0.3) is 0 Å². The number of aliphatic carboxylic acids is 1. The zero-order valence-electron chi connectivity index (χ0n) is 20.1.